The topological polar surface area (TPSA) is 68.1 Å². The number of aliphatic carboxylic acids is 1. The summed E-state index contributed by atoms with van der Waals surface area (Å²) < 4.78 is 0. The van der Waals surface area contributed by atoms with Gasteiger partial charge in [0.1, 0.15) is 6.10 Å². The Kier molecular flexibility index (Phi) is 1.27. The summed E-state index contributed by atoms with van der Waals surface area (Å²) in [5.74, 6) is -1.01. The predicted molar refractivity (Wildman–Crippen MR) is 34.0 cm³/mol. The van der Waals surface area contributed by atoms with Crippen LogP contribution in [0.4, 0.5) is 0 Å². The lowest BCUT2D eigenvalue weighted by Gasteiger charge is -2.26. The number of nitrogens with zero attached hydrogens (tertiary/aromatic N) is 1. The van der Waals surface area contributed by atoms with Crippen LogP contribution in [-0.4, -0.2) is 29.6 Å². The third-order valence-corrected chi connectivity index (χ3v) is 1.48. The van der Waals surface area contributed by atoms with Crippen molar-refractivity contribution in [2.75, 3.05) is 0 Å². The van der Waals surface area contributed by atoms with Gasteiger partial charge in [-0.1, -0.05) is 0 Å². The van der Waals surface area contributed by atoms with Gasteiger partial charge >= 0.3 is 5.97 Å². The number of aliphatic imine (C=N–C) groups is 1. The number of carboxylic acids is 1. The lowest BCUT2D eigenvalue weighted by molar-refractivity contribution is -0.333. The molecule has 3 heterocycles. The number of fused-ring (bicyclic) bond motifs is 1. The van der Waals surface area contributed by atoms with Crippen LogP contribution in [0.5, 0.6) is 0 Å². The second-order valence-corrected chi connectivity index (χ2v) is 2.23. The molecule has 5 heteroatoms. The van der Waals surface area contributed by atoms with E-state index in [0.29, 0.717) is 0 Å². The summed E-state index contributed by atoms with van der Waals surface area (Å²) in [6, 6.07) is 0. The van der Waals surface area contributed by atoms with Crippen LogP contribution in [0.15, 0.2) is 16.6 Å². The van der Waals surface area contributed by atoms with E-state index in [0.717, 1.165) is 0 Å². The first-order chi connectivity index (χ1) is 5.27. The van der Waals surface area contributed by atoms with Crippen molar-refractivity contribution in [2.24, 2.45) is 4.99 Å². The molecule has 3 rings (SSSR count). The Morgan fingerprint density at radius 1 is 1.64 bits per heavy atom. The first-order valence-electron chi connectivity index (χ1n) is 3.08. The molecule has 0 saturated carbocycles. The zero-order valence-electron chi connectivity index (χ0n) is 5.43. The maximum atomic E-state index is 10.5. The van der Waals surface area contributed by atoms with E-state index in [2.05, 4.69) is 14.8 Å². The Bertz CT molecular complexity index is 257. The van der Waals surface area contributed by atoms with Gasteiger partial charge in [0.2, 0.25) is 6.23 Å². The first-order valence-corrected chi connectivity index (χ1v) is 3.08. The van der Waals surface area contributed by atoms with Crippen LogP contribution in [0.2, 0.25) is 0 Å². The highest BCUT2D eigenvalue weighted by Gasteiger charge is 2.31. The molecule has 11 heavy (non-hydrogen) atoms. The van der Waals surface area contributed by atoms with Crippen molar-refractivity contribution < 1.29 is 19.7 Å². The second-order valence-electron chi connectivity index (χ2n) is 2.23. The minimum atomic E-state index is -1.01. The number of carbonyl (C=O) groups is 1. The van der Waals surface area contributed by atoms with Crippen molar-refractivity contribution in [1.29, 1.82) is 0 Å². The quantitative estimate of drug-likeness (QED) is 0.529. The van der Waals surface area contributed by atoms with Crippen LogP contribution in [0.3, 0.4) is 0 Å². The average molecular weight is 155 g/mol. The van der Waals surface area contributed by atoms with Gasteiger partial charge in [0, 0.05) is 6.21 Å². The van der Waals surface area contributed by atoms with Gasteiger partial charge in [-0.15, -0.1) is 0 Å². The van der Waals surface area contributed by atoms with Crippen LogP contribution in [0, 0.1) is 0 Å². The lowest BCUT2D eigenvalue weighted by atomic mass is 10.1. The van der Waals surface area contributed by atoms with Crippen LogP contribution in [0.25, 0.3) is 0 Å². The van der Waals surface area contributed by atoms with Gasteiger partial charge in [-0.3, -0.25) is 4.99 Å². The summed E-state index contributed by atoms with van der Waals surface area (Å²) in [4.78, 5) is 23.5. The van der Waals surface area contributed by atoms with Crippen molar-refractivity contribution in [3.63, 3.8) is 0 Å². The van der Waals surface area contributed by atoms with Crippen LogP contribution in [0.1, 0.15) is 0 Å². The van der Waals surface area contributed by atoms with Crippen LogP contribution < -0.4 is 0 Å². The van der Waals surface area contributed by atoms with E-state index in [-0.39, 0.29) is 5.57 Å². The molecule has 1 N–H and O–H groups in total. The Labute approximate surface area is 61.9 Å². The molecule has 2 bridgehead atoms. The summed E-state index contributed by atoms with van der Waals surface area (Å²) >= 11 is 0. The lowest BCUT2D eigenvalue weighted by Crippen LogP contribution is -2.35. The fourth-order valence-corrected chi connectivity index (χ4v) is 0.969. The van der Waals surface area contributed by atoms with Crippen molar-refractivity contribution in [3.05, 3.63) is 11.6 Å². The molecule has 0 aromatic rings. The molecule has 0 aromatic heterocycles. The van der Waals surface area contributed by atoms with E-state index in [4.69, 9.17) is 5.11 Å². The zero-order chi connectivity index (χ0) is 7.84. The SMILES string of the molecule is O=C(O)C1=C[C@@H]2C=N[C@H]1OO2. The highest BCUT2D eigenvalue weighted by atomic mass is 17.2. The van der Waals surface area contributed by atoms with E-state index < -0.39 is 18.3 Å². The Morgan fingerprint density at radius 3 is 2.73 bits per heavy atom. The van der Waals surface area contributed by atoms with Crippen molar-refractivity contribution in [1.82, 2.24) is 0 Å². The van der Waals surface area contributed by atoms with E-state index >= 15 is 0 Å². The van der Waals surface area contributed by atoms with Gasteiger partial charge in [-0.2, -0.15) is 0 Å². The smallest absolute Gasteiger partial charge is 0.336 e. The number of hydrogen-bond acceptors (Lipinski definition) is 4. The molecule has 0 amide bonds. The van der Waals surface area contributed by atoms with Gasteiger partial charge in [-0.05, 0) is 6.08 Å². The molecule has 3 aliphatic rings. The fourth-order valence-electron chi connectivity index (χ4n) is 0.969. The summed E-state index contributed by atoms with van der Waals surface area (Å²) in [5.41, 5.74) is 0.142. The largest absolute Gasteiger partial charge is 0.478 e. The molecule has 0 aromatic carbocycles. The van der Waals surface area contributed by atoms with Gasteiger partial charge in [0.05, 0.1) is 5.57 Å². The fraction of sp³-hybridized carbons (Fsp3) is 0.333. The molecule has 0 spiro atoms. The molecule has 0 aliphatic carbocycles. The Morgan fingerprint density at radius 2 is 2.45 bits per heavy atom. The van der Waals surface area contributed by atoms with E-state index in [1.54, 1.807) is 0 Å². The highest BCUT2D eigenvalue weighted by Crippen LogP contribution is 2.21. The molecule has 58 valence electrons. The Hall–Kier alpha value is -1.20. The van der Waals surface area contributed by atoms with Gasteiger partial charge in [0.15, 0.2) is 0 Å². The summed E-state index contributed by atoms with van der Waals surface area (Å²) in [6.45, 7) is 0. The minimum absolute atomic E-state index is 0.142. The van der Waals surface area contributed by atoms with Crippen molar-refractivity contribution >= 4 is 12.2 Å². The number of dihydropyridines is 1. The van der Waals surface area contributed by atoms with Crippen molar-refractivity contribution in [2.45, 2.75) is 12.3 Å². The molecule has 2 atom stereocenters. The summed E-state index contributed by atoms with van der Waals surface area (Å²) in [6.07, 6.45) is 1.77. The first kappa shape index (κ1) is 6.51. The monoisotopic (exact) mass is 155 g/mol. The van der Waals surface area contributed by atoms with E-state index in [1.165, 1.54) is 12.3 Å². The Balaban J connectivity index is 2.31. The third kappa shape index (κ3) is 0.941. The van der Waals surface area contributed by atoms with Crippen LogP contribution >= 0.6 is 0 Å². The maximum Gasteiger partial charge on any atom is 0.336 e. The molecule has 5 nitrogen and oxygen atoms in total. The van der Waals surface area contributed by atoms with Crippen LogP contribution in [-0.2, 0) is 14.6 Å². The van der Waals surface area contributed by atoms with E-state index in [1.807, 2.05) is 0 Å². The second kappa shape index (κ2) is 2.14. The van der Waals surface area contributed by atoms with Crippen molar-refractivity contribution in [3.8, 4) is 0 Å². The standard InChI is InChI=1S/C6H5NO4/c8-6(9)4-1-3-2-7-5(4)11-10-3/h1-3,5H,(H,8,9)/t3-,5+/m1/s1. The number of carboxylic acid groups (broad SMARTS) is 1. The van der Waals surface area contributed by atoms with E-state index in [9.17, 15) is 4.79 Å². The highest BCUT2D eigenvalue weighted by molar-refractivity contribution is 5.90. The third-order valence-electron chi connectivity index (χ3n) is 1.48. The summed E-state index contributed by atoms with van der Waals surface area (Å²) in [5, 5.41) is 8.58. The average Bonchev–Trinajstić information content (AvgIpc) is 2.06. The maximum absolute atomic E-state index is 10.5. The molecule has 0 fully saturated rings. The molecular formula is C6H5NO4. The normalized spacial score (nSPS) is 33.6. The van der Waals surface area contributed by atoms with Gasteiger partial charge in [-0.25, -0.2) is 14.6 Å². The molecule has 0 saturated heterocycles. The van der Waals surface area contributed by atoms with Gasteiger partial charge < -0.3 is 5.11 Å². The molecule has 3 aliphatic heterocycles. The zero-order valence-corrected chi connectivity index (χ0v) is 5.43. The molecule has 0 unspecified atom stereocenters. The minimum Gasteiger partial charge on any atom is -0.478 e. The van der Waals surface area contributed by atoms with Gasteiger partial charge in [0.25, 0.3) is 0 Å². The number of rotatable bonds is 1. The number of hydrogen-bond donors (Lipinski definition) is 1. The summed E-state index contributed by atoms with van der Waals surface area (Å²) in [7, 11) is 0. The molecular weight excluding hydrogens is 150 g/mol. The predicted octanol–water partition coefficient (Wildman–Crippen LogP) is -0.262. The molecule has 0 radical (unpaired) electrons.